The first-order valence-electron chi connectivity index (χ1n) is 3.74. The van der Waals surface area contributed by atoms with Crippen LogP contribution in [0.15, 0.2) is 12.1 Å². The molecule has 0 aromatic heterocycles. The second-order valence-corrected chi connectivity index (χ2v) is 2.65. The molecule has 86 valence electrons. The van der Waals surface area contributed by atoms with Crippen molar-refractivity contribution < 1.29 is 24.9 Å². The normalized spacial score (nSPS) is 9.18. The number of nitro benzene ring substituents is 2. The first kappa shape index (κ1) is 15.3. The van der Waals surface area contributed by atoms with Crippen molar-refractivity contribution in [2.24, 2.45) is 0 Å². The van der Waals surface area contributed by atoms with E-state index < -0.39 is 38.5 Å². The monoisotopic (exact) mass is 252 g/mol. The number of benzene rings is 1. The van der Waals surface area contributed by atoms with Gasteiger partial charge in [-0.05, 0) is 6.07 Å². The van der Waals surface area contributed by atoms with Gasteiger partial charge in [0.2, 0.25) is 5.75 Å². The molecule has 0 aliphatic rings. The van der Waals surface area contributed by atoms with Gasteiger partial charge in [-0.3, -0.25) is 20.2 Å². The van der Waals surface area contributed by atoms with Crippen LogP contribution in [0.25, 0.3) is 0 Å². The van der Waals surface area contributed by atoms with Crippen LogP contribution in [0.5, 0.6) is 5.75 Å². The Morgan fingerprint density at radius 3 is 2.06 bits per heavy atom. The summed E-state index contributed by atoms with van der Waals surface area (Å²) in [7, 11) is 0. The Hall–Kier alpha value is -1.71. The predicted molar refractivity (Wildman–Crippen MR) is 55.5 cm³/mol. The minimum atomic E-state index is -1.62. The molecule has 10 heteroatoms. The molecule has 2 N–H and O–H groups in total. The molecule has 0 spiro atoms. The van der Waals surface area contributed by atoms with Gasteiger partial charge >= 0.3 is 46.9 Å². The number of nitrogens with zero attached hydrogens (tertiary/aromatic N) is 2. The number of aromatic carboxylic acids is 1. The van der Waals surface area contributed by atoms with Crippen molar-refractivity contribution in [2.75, 3.05) is 0 Å². The fourth-order valence-electron chi connectivity index (χ4n) is 1.07. The number of hydrogen-bond acceptors (Lipinski definition) is 6. The SMILES string of the molecule is O=C(O)c1ccc([N+](=O)[O-])c([N+](=O)[O-])c1O.[NaH]. The van der Waals surface area contributed by atoms with Gasteiger partial charge in [-0.2, -0.15) is 0 Å². The Morgan fingerprint density at radius 2 is 1.71 bits per heavy atom. The first-order valence-corrected chi connectivity index (χ1v) is 3.74. The zero-order chi connectivity index (χ0) is 12.5. The summed E-state index contributed by atoms with van der Waals surface area (Å²) in [6.45, 7) is 0. The Labute approximate surface area is 115 Å². The average Bonchev–Trinajstić information content (AvgIpc) is 2.15. The molecule has 0 atom stereocenters. The molecule has 0 amide bonds. The number of phenols is 1. The van der Waals surface area contributed by atoms with E-state index in [1.807, 2.05) is 0 Å². The van der Waals surface area contributed by atoms with E-state index >= 15 is 0 Å². The molecule has 1 rings (SSSR count). The summed E-state index contributed by atoms with van der Waals surface area (Å²) in [5, 5.41) is 38.7. The third-order valence-electron chi connectivity index (χ3n) is 1.74. The minimum absolute atomic E-state index is 0. The number of aromatic hydroxyl groups is 1. The number of carboxylic acids is 1. The maximum absolute atomic E-state index is 10.5. The molecule has 0 saturated heterocycles. The summed E-state index contributed by atoms with van der Waals surface area (Å²) in [5.74, 6) is -2.85. The van der Waals surface area contributed by atoms with Gasteiger partial charge in [0, 0.05) is 6.07 Å². The summed E-state index contributed by atoms with van der Waals surface area (Å²) in [6, 6.07) is 1.38. The van der Waals surface area contributed by atoms with Crippen LogP contribution in [-0.2, 0) is 0 Å². The van der Waals surface area contributed by atoms with Gasteiger partial charge in [0.1, 0.15) is 5.56 Å². The van der Waals surface area contributed by atoms with Crippen molar-refractivity contribution in [1.29, 1.82) is 0 Å². The van der Waals surface area contributed by atoms with Crippen molar-refractivity contribution in [2.45, 2.75) is 0 Å². The number of rotatable bonds is 3. The summed E-state index contributed by atoms with van der Waals surface area (Å²) < 4.78 is 0. The van der Waals surface area contributed by atoms with Gasteiger partial charge in [0.05, 0.1) is 9.85 Å². The number of carbonyl (C=O) groups is 1. The van der Waals surface area contributed by atoms with Crippen LogP contribution < -0.4 is 0 Å². The van der Waals surface area contributed by atoms with E-state index in [9.17, 15) is 30.1 Å². The molecular weight excluding hydrogens is 247 g/mol. The molecule has 0 bridgehead atoms. The Kier molecular flexibility index (Phi) is 5.01. The maximum atomic E-state index is 10.5. The van der Waals surface area contributed by atoms with Crippen LogP contribution in [0, 0.1) is 20.2 Å². The molecule has 0 radical (unpaired) electrons. The van der Waals surface area contributed by atoms with Gasteiger partial charge in [-0.15, -0.1) is 0 Å². The molecule has 1 aromatic carbocycles. The molecule has 0 fully saturated rings. The number of nitro groups is 2. The van der Waals surface area contributed by atoms with Crippen molar-refractivity contribution in [3.05, 3.63) is 37.9 Å². The topological polar surface area (TPSA) is 144 Å². The first-order chi connectivity index (χ1) is 7.36. The number of hydrogen-bond donors (Lipinski definition) is 2. The van der Waals surface area contributed by atoms with Crippen LogP contribution >= 0.6 is 0 Å². The second kappa shape index (κ2) is 5.57. The molecule has 0 unspecified atom stereocenters. The molecule has 0 heterocycles. The Balaban J connectivity index is 0.00000256. The third-order valence-corrected chi connectivity index (χ3v) is 1.74. The number of carboxylic acid groups (broad SMARTS) is 1. The summed E-state index contributed by atoms with van der Waals surface area (Å²) in [5.41, 5.74) is -2.96. The van der Waals surface area contributed by atoms with Gasteiger partial charge in [-0.1, -0.05) is 0 Å². The second-order valence-electron chi connectivity index (χ2n) is 2.65. The predicted octanol–water partition coefficient (Wildman–Crippen LogP) is 0.258. The van der Waals surface area contributed by atoms with Gasteiger partial charge < -0.3 is 10.2 Å². The van der Waals surface area contributed by atoms with Gasteiger partial charge in [-0.25, -0.2) is 4.79 Å². The summed E-state index contributed by atoms with van der Waals surface area (Å²) in [4.78, 5) is 29.1. The van der Waals surface area contributed by atoms with E-state index in [0.717, 1.165) is 6.07 Å². The molecule has 1 aromatic rings. The van der Waals surface area contributed by atoms with Crippen molar-refractivity contribution in [1.82, 2.24) is 0 Å². The van der Waals surface area contributed by atoms with Crippen molar-refractivity contribution in [3.63, 3.8) is 0 Å². The van der Waals surface area contributed by atoms with Crippen LogP contribution in [0.4, 0.5) is 11.4 Å². The molecule has 0 saturated carbocycles. The van der Waals surface area contributed by atoms with Crippen LogP contribution in [0.2, 0.25) is 0 Å². The van der Waals surface area contributed by atoms with E-state index in [4.69, 9.17) is 5.11 Å². The van der Waals surface area contributed by atoms with E-state index in [2.05, 4.69) is 0 Å². The molecule has 0 aliphatic carbocycles. The third kappa shape index (κ3) is 2.90. The van der Waals surface area contributed by atoms with Crippen molar-refractivity contribution in [3.8, 4) is 5.75 Å². The van der Waals surface area contributed by atoms with E-state index in [1.165, 1.54) is 0 Å². The summed E-state index contributed by atoms with van der Waals surface area (Å²) >= 11 is 0. The summed E-state index contributed by atoms with van der Waals surface area (Å²) in [6.07, 6.45) is 0. The zero-order valence-electron chi connectivity index (χ0n) is 7.48. The van der Waals surface area contributed by atoms with Gasteiger partial charge in [0.15, 0.2) is 0 Å². The molecular formula is C7H5N2NaO7. The fraction of sp³-hybridized carbons (Fsp3) is 0. The van der Waals surface area contributed by atoms with E-state index in [0.29, 0.717) is 6.07 Å². The molecule has 0 aliphatic heterocycles. The van der Waals surface area contributed by atoms with Gasteiger partial charge in [0.25, 0.3) is 0 Å². The molecule has 9 nitrogen and oxygen atoms in total. The van der Waals surface area contributed by atoms with E-state index in [1.54, 1.807) is 0 Å². The van der Waals surface area contributed by atoms with Crippen LogP contribution in [0.3, 0.4) is 0 Å². The van der Waals surface area contributed by atoms with E-state index in [-0.39, 0.29) is 29.6 Å². The van der Waals surface area contributed by atoms with Crippen LogP contribution in [-0.4, -0.2) is 55.6 Å². The molecule has 17 heavy (non-hydrogen) atoms. The quantitative estimate of drug-likeness (QED) is 0.445. The fourth-order valence-corrected chi connectivity index (χ4v) is 1.07. The van der Waals surface area contributed by atoms with Crippen molar-refractivity contribution >= 4 is 46.9 Å². The zero-order valence-corrected chi connectivity index (χ0v) is 7.48. The Morgan fingerprint density at radius 1 is 1.18 bits per heavy atom. The standard InChI is InChI=1S/C7H4N2O7.Na.H/c10-6-3(7(11)12)1-2-4(8(13)14)5(6)9(15)16;;/h1-2,10H,(H,11,12);;. The van der Waals surface area contributed by atoms with Crippen LogP contribution in [0.1, 0.15) is 10.4 Å². The Bertz CT molecular complexity index is 501. The average molecular weight is 252 g/mol.